The number of sulfonamides is 1. The molecule has 4 rings (SSSR count). The van der Waals surface area contributed by atoms with E-state index in [0.717, 1.165) is 12.1 Å². The van der Waals surface area contributed by atoms with Gasteiger partial charge in [-0.3, -0.25) is 9.59 Å². The third-order valence-corrected chi connectivity index (χ3v) is 8.02. The summed E-state index contributed by atoms with van der Waals surface area (Å²) < 4.78 is 33.3. The number of carbonyl (C=O) groups excluding carboxylic acids is 2. The molecule has 0 saturated carbocycles. The molecule has 0 bridgehead atoms. The average Bonchev–Trinajstić information content (AvgIpc) is 2.79. The summed E-state index contributed by atoms with van der Waals surface area (Å²) in [5.41, 5.74) is 2.95. The normalized spacial score (nSPS) is 17.2. The second-order valence-corrected chi connectivity index (χ2v) is 10.1. The number of rotatable bonds is 5. The Bertz CT molecular complexity index is 1140. The summed E-state index contributed by atoms with van der Waals surface area (Å²) in [6.07, 6.45) is 1.84. The van der Waals surface area contributed by atoms with Crippen molar-refractivity contribution in [3.63, 3.8) is 0 Å². The molecule has 2 aliphatic rings. The van der Waals surface area contributed by atoms with Crippen LogP contribution in [0.5, 0.6) is 5.75 Å². The summed E-state index contributed by atoms with van der Waals surface area (Å²) in [4.78, 5) is 24.3. The lowest BCUT2D eigenvalue weighted by molar-refractivity contribution is -0.121. The fourth-order valence-corrected chi connectivity index (χ4v) is 5.75. The van der Waals surface area contributed by atoms with Crippen molar-refractivity contribution in [1.29, 1.82) is 0 Å². The largest absolute Gasteiger partial charge is 0.482 e. The third-order valence-electron chi connectivity index (χ3n) is 5.98. The minimum atomic E-state index is -3.75. The molecule has 2 aromatic rings. The van der Waals surface area contributed by atoms with Gasteiger partial charge in [0, 0.05) is 30.8 Å². The Labute approximate surface area is 188 Å². The van der Waals surface area contributed by atoms with Crippen LogP contribution < -0.4 is 15.4 Å². The Hall–Kier alpha value is -2.91. The van der Waals surface area contributed by atoms with Gasteiger partial charge in [0.15, 0.2) is 6.61 Å². The molecule has 8 nitrogen and oxygen atoms in total. The fraction of sp³-hybridized carbons (Fsp3) is 0.391. The first kappa shape index (κ1) is 22.3. The van der Waals surface area contributed by atoms with E-state index in [2.05, 4.69) is 17.6 Å². The van der Waals surface area contributed by atoms with Gasteiger partial charge in [0.1, 0.15) is 5.75 Å². The topological polar surface area (TPSA) is 105 Å². The number of aryl methyl sites for hydroxylation is 2. The zero-order chi connectivity index (χ0) is 22.9. The Kier molecular flexibility index (Phi) is 6.21. The molecule has 170 valence electrons. The van der Waals surface area contributed by atoms with Gasteiger partial charge in [-0.2, -0.15) is 4.31 Å². The first-order valence-electron chi connectivity index (χ1n) is 10.7. The van der Waals surface area contributed by atoms with Crippen molar-refractivity contribution in [1.82, 2.24) is 4.31 Å². The molecule has 2 N–H and O–H groups in total. The van der Waals surface area contributed by atoms with Crippen LogP contribution in [0.1, 0.15) is 30.9 Å². The number of fused-ring (bicyclic) bond motifs is 1. The Morgan fingerprint density at radius 2 is 1.88 bits per heavy atom. The zero-order valence-electron chi connectivity index (χ0n) is 18.2. The molecule has 2 amide bonds. The van der Waals surface area contributed by atoms with Crippen molar-refractivity contribution in [2.75, 3.05) is 30.3 Å². The third kappa shape index (κ3) is 4.49. The van der Waals surface area contributed by atoms with Crippen molar-refractivity contribution in [3.05, 3.63) is 47.5 Å². The number of hydrogen-bond donors (Lipinski definition) is 2. The number of nitrogens with zero attached hydrogens (tertiary/aromatic N) is 1. The molecule has 1 fully saturated rings. The molecule has 0 radical (unpaired) electrons. The minimum absolute atomic E-state index is 0.0830. The van der Waals surface area contributed by atoms with Crippen LogP contribution >= 0.6 is 0 Å². The molecule has 0 atom stereocenters. The van der Waals surface area contributed by atoms with Gasteiger partial charge in [-0.25, -0.2) is 8.42 Å². The molecule has 2 heterocycles. The van der Waals surface area contributed by atoms with Crippen LogP contribution in [0.15, 0.2) is 41.3 Å². The molecule has 0 aliphatic carbocycles. The molecule has 9 heteroatoms. The summed E-state index contributed by atoms with van der Waals surface area (Å²) in [5.74, 6) is -0.248. The minimum Gasteiger partial charge on any atom is -0.482 e. The van der Waals surface area contributed by atoms with Gasteiger partial charge < -0.3 is 15.4 Å². The van der Waals surface area contributed by atoms with Crippen LogP contribution in [-0.4, -0.2) is 44.2 Å². The van der Waals surface area contributed by atoms with Crippen LogP contribution in [0.25, 0.3) is 0 Å². The molecule has 2 aromatic carbocycles. The smallest absolute Gasteiger partial charge is 0.262 e. The summed E-state index contributed by atoms with van der Waals surface area (Å²) in [6, 6.07) is 10.8. The number of piperidine rings is 1. The number of ether oxygens (including phenoxy) is 1. The van der Waals surface area contributed by atoms with Crippen LogP contribution in [-0.2, 0) is 26.0 Å². The SMILES string of the molecule is CCc1ccc(NC(=O)C2CCN(S(=O)(=O)c3cc4c(cc3C)NC(=O)CO4)CC2)cc1. The number of amides is 2. The van der Waals surface area contributed by atoms with Gasteiger partial charge in [-0.05, 0) is 55.5 Å². The van der Waals surface area contributed by atoms with Crippen molar-refractivity contribution in [3.8, 4) is 5.75 Å². The standard InChI is InChI=1S/C23H27N3O5S/c1-3-16-4-6-18(7-5-16)24-23(28)17-8-10-26(11-9-17)32(29,30)21-13-20-19(12-15(21)2)25-22(27)14-31-20/h4-7,12-13,17H,3,8-11,14H2,1-2H3,(H,24,28)(H,25,27). The highest BCUT2D eigenvalue weighted by molar-refractivity contribution is 7.89. The number of hydrogen-bond acceptors (Lipinski definition) is 5. The molecular weight excluding hydrogens is 430 g/mol. The lowest BCUT2D eigenvalue weighted by atomic mass is 9.97. The van der Waals surface area contributed by atoms with Crippen LogP contribution in [0.3, 0.4) is 0 Å². The molecular formula is C23H27N3O5S. The number of nitrogens with one attached hydrogen (secondary N) is 2. The van der Waals surface area contributed by atoms with E-state index in [1.807, 2.05) is 24.3 Å². The summed E-state index contributed by atoms with van der Waals surface area (Å²) >= 11 is 0. The zero-order valence-corrected chi connectivity index (χ0v) is 19.0. The van der Waals surface area contributed by atoms with Gasteiger partial charge in [0.05, 0.1) is 10.6 Å². The highest BCUT2D eigenvalue weighted by Gasteiger charge is 2.34. The first-order chi connectivity index (χ1) is 15.3. The van der Waals surface area contributed by atoms with E-state index in [1.165, 1.54) is 15.9 Å². The second kappa shape index (κ2) is 8.91. The van der Waals surface area contributed by atoms with E-state index in [4.69, 9.17) is 4.74 Å². The monoisotopic (exact) mass is 457 g/mol. The Morgan fingerprint density at radius 1 is 1.19 bits per heavy atom. The van der Waals surface area contributed by atoms with Gasteiger partial charge in [-0.1, -0.05) is 19.1 Å². The second-order valence-electron chi connectivity index (χ2n) is 8.17. The maximum absolute atomic E-state index is 13.3. The lowest BCUT2D eigenvalue weighted by Gasteiger charge is -2.31. The van der Waals surface area contributed by atoms with Crippen molar-refractivity contribution < 1.29 is 22.7 Å². The van der Waals surface area contributed by atoms with E-state index in [1.54, 1.807) is 13.0 Å². The van der Waals surface area contributed by atoms with E-state index < -0.39 is 10.0 Å². The Morgan fingerprint density at radius 3 is 2.53 bits per heavy atom. The van der Waals surface area contributed by atoms with Crippen LogP contribution in [0.4, 0.5) is 11.4 Å². The quantitative estimate of drug-likeness (QED) is 0.718. The number of benzene rings is 2. The summed E-state index contributed by atoms with van der Waals surface area (Å²) in [7, 11) is -3.75. The van der Waals surface area contributed by atoms with Crippen molar-refractivity contribution in [2.24, 2.45) is 5.92 Å². The molecule has 2 aliphatic heterocycles. The van der Waals surface area contributed by atoms with Gasteiger partial charge in [0.2, 0.25) is 15.9 Å². The highest BCUT2D eigenvalue weighted by Crippen LogP contribution is 2.35. The van der Waals surface area contributed by atoms with E-state index in [-0.39, 0.29) is 42.3 Å². The van der Waals surface area contributed by atoms with E-state index >= 15 is 0 Å². The van der Waals surface area contributed by atoms with Crippen LogP contribution in [0.2, 0.25) is 0 Å². The predicted molar refractivity (Wildman–Crippen MR) is 121 cm³/mol. The first-order valence-corrected chi connectivity index (χ1v) is 12.2. The van der Waals surface area contributed by atoms with Gasteiger partial charge in [-0.15, -0.1) is 0 Å². The van der Waals surface area contributed by atoms with Crippen molar-refractivity contribution >= 4 is 33.2 Å². The molecule has 0 spiro atoms. The molecule has 1 saturated heterocycles. The number of anilines is 2. The number of carbonyl (C=O) groups is 2. The molecule has 32 heavy (non-hydrogen) atoms. The van der Waals surface area contributed by atoms with E-state index in [9.17, 15) is 18.0 Å². The maximum atomic E-state index is 13.3. The average molecular weight is 458 g/mol. The molecule has 0 aromatic heterocycles. The van der Waals surface area contributed by atoms with Crippen LogP contribution in [0, 0.1) is 12.8 Å². The summed E-state index contributed by atoms with van der Waals surface area (Å²) in [5, 5.41) is 5.62. The predicted octanol–water partition coefficient (Wildman–Crippen LogP) is 2.93. The lowest BCUT2D eigenvalue weighted by Crippen LogP contribution is -2.41. The van der Waals surface area contributed by atoms with Gasteiger partial charge in [0.25, 0.3) is 5.91 Å². The molecule has 0 unspecified atom stereocenters. The van der Waals surface area contributed by atoms with Crippen molar-refractivity contribution in [2.45, 2.75) is 38.0 Å². The fourth-order valence-electron chi connectivity index (χ4n) is 4.06. The van der Waals surface area contributed by atoms with E-state index in [0.29, 0.717) is 29.8 Å². The summed E-state index contributed by atoms with van der Waals surface area (Å²) in [6.45, 7) is 4.16. The van der Waals surface area contributed by atoms with Gasteiger partial charge >= 0.3 is 0 Å². The highest BCUT2D eigenvalue weighted by atomic mass is 32.2. The maximum Gasteiger partial charge on any atom is 0.262 e. The Balaban J connectivity index is 1.42.